The van der Waals surface area contributed by atoms with Gasteiger partial charge in [0.05, 0.1) is 0 Å². The third-order valence-electron chi connectivity index (χ3n) is 5.60. The molecule has 0 spiro atoms. The largest absolute Gasteiger partial charge is 0.339 e. The molecule has 1 N–H and O–H groups in total. The van der Waals surface area contributed by atoms with Crippen molar-refractivity contribution in [1.29, 1.82) is 0 Å². The Morgan fingerprint density at radius 2 is 2.17 bits per heavy atom. The second-order valence-corrected chi connectivity index (χ2v) is 6.56. The first-order valence-corrected chi connectivity index (χ1v) is 7.73. The second-order valence-electron chi connectivity index (χ2n) is 6.56. The number of fused-ring (bicyclic) bond motifs is 1. The van der Waals surface area contributed by atoms with E-state index in [1.807, 2.05) is 0 Å². The van der Waals surface area contributed by atoms with Crippen molar-refractivity contribution in [3.8, 4) is 0 Å². The highest BCUT2D eigenvalue weighted by Gasteiger charge is 2.47. The first kappa shape index (κ1) is 12.5. The number of carbonyl (C=O) groups excluding carboxylic acids is 1. The highest BCUT2D eigenvalue weighted by Crippen LogP contribution is 2.39. The molecule has 5 atom stereocenters. The molecule has 1 amide bonds. The Bertz CT molecular complexity index is 330. The van der Waals surface area contributed by atoms with Crippen molar-refractivity contribution in [2.75, 3.05) is 19.6 Å². The maximum Gasteiger partial charge on any atom is 0.226 e. The van der Waals surface area contributed by atoms with E-state index < -0.39 is 0 Å². The molecular weight excluding hydrogens is 224 g/mol. The molecule has 5 unspecified atom stereocenters. The molecule has 3 nitrogen and oxygen atoms in total. The zero-order valence-corrected chi connectivity index (χ0v) is 11.7. The van der Waals surface area contributed by atoms with E-state index in [-0.39, 0.29) is 0 Å². The third-order valence-corrected chi connectivity index (χ3v) is 5.60. The van der Waals surface area contributed by atoms with Crippen LogP contribution in [0.1, 0.15) is 39.5 Å². The molecule has 3 rings (SSSR count). The van der Waals surface area contributed by atoms with Crippen LogP contribution < -0.4 is 5.32 Å². The Morgan fingerprint density at radius 1 is 1.33 bits per heavy atom. The molecule has 3 heteroatoms. The van der Waals surface area contributed by atoms with Gasteiger partial charge in [0, 0.05) is 31.6 Å². The van der Waals surface area contributed by atoms with Gasteiger partial charge in [0.2, 0.25) is 5.91 Å². The standard InChI is InChI=1S/C15H26N2O/c1-3-14-13-8-16-7-11(13)9-17(14)15(18)12-6-4-5-10(12)2/h10-14,16H,3-9H2,1-2H3. The summed E-state index contributed by atoms with van der Waals surface area (Å²) in [6, 6.07) is 0.505. The fourth-order valence-electron chi connectivity index (χ4n) is 4.52. The minimum atomic E-state index is 0.325. The minimum absolute atomic E-state index is 0.325. The molecule has 1 saturated carbocycles. The lowest BCUT2D eigenvalue weighted by Gasteiger charge is -2.30. The van der Waals surface area contributed by atoms with Gasteiger partial charge in [-0.25, -0.2) is 0 Å². The summed E-state index contributed by atoms with van der Waals surface area (Å²) in [6.07, 6.45) is 4.74. The molecule has 0 aromatic heterocycles. The maximum absolute atomic E-state index is 12.8. The van der Waals surface area contributed by atoms with Crippen molar-refractivity contribution < 1.29 is 4.79 Å². The quantitative estimate of drug-likeness (QED) is 0.811. The SMILES string of the molecule is CCC1C2CNCC2CN1C(=O)C1CCCC1C. The van der Waals surface area contributed by atoms with E-state index in [0.29, 0.717) is 23.8 Å². The Hall–Kier alpha value is -0.570. The van der Waals surface area contributed by atoms with Gasteiger partial charge in [-0.2, -0.15) is 0 Å². The number of likely N-dealkylation sites (tertiary alicyclic amines) is 1. The molecule has 2 aliphatic heterocycles. The van der Waals surface area contributed by atoms with Crippen LogP contribution in [0.3, 0.4) is 0 Å². The summed E-state index contributed by atoms with van der Waals surface area (Å²) in [5.41, 5.74) is 0. The fourth-order valence-corrected chi connectivity index (χ4v) is 4.52. The van der Waals surface area contributed by atoms with Crippen LogP contribution in [0.15, 0.2) is 0 Å². The van der Waals surface area contributed by atoms with E-state index in [1.54, 1.807) is 0 Å². The number of amides is 1. The number of hydrogen-bond acceptors (Lipinski definition) is 2. The zero-order valence-electron chi connectivity index (χ0n) is 11.7. The van der Waals surface area contributed by atoms with Crippen molar-refractivity contribution >= 4 is 5.91 Å². The van der Waals surface area contributed by atoms with Crippen LogP contribution >= 0.6 is 0 Å². The summed E-state index contributed by atoms with van der Waals surface area (Å²) in [7, 11) is 0. The summed E-state index contributed by atoms with van der Waals surface area (Å²) >= 11 is 0. The first-order valence-electron chi connectivity index (χ1n) is 7.73. The Balaban J connectivity index is 1.73. The third kappa shape index (κ3) is 1.87. The van der Waals surface area contributed by atoms with Gasteiger partial charge in [-0.3, -0.25) is 4.79 Å². The second kappa shape index (κ2) is 4.84. The van der Waals surface area contributed by atoms with Gasteiger partial charge in [0.1, 0.15) is 0 Å². The van der Waals surface area contributed by atoms with Crippen LogP contribution in [-0.4, -0.2) is 36.5 Å². The highest BCUT2D eigenvalue weighted by molar-refractivity contribution is 5.80. The summed E-state index contributed by atoms with van der Waals surface area (Å²) in [6.45, 7) is 7.75. The summed E-state index contributed by atoms with van der Waals surface area (Å²) < 4.78 is 0. The van der Waals surface area contributed by atoms with Crippen molar-refractivity contribution in [2.24, 2.45) is 23.7 Å². The van der Waals surface area contributed by atoms with Gasteiger partial charge in [-0.15, -0.1) is 0 Å². The topological polar surface area (TPSA) is 32.3 Å². The Labute approximate surface area is 110 Å². The smallest absolute Gasteiger partial charge is 0.226 e. The predicted molar refractivity (Wildman–Crippen MR) is 72.1 cm³/mol. The number of hydrogen-bond donors (Lipinski definition) is 1. The molecule has 2 heterocycles. The lowest BCUT2D eigenvalue weighted by atomic mass is 9.92. The molecule has 1 aliphatic carbocycles. The molecule has 3 fully saturated rings. The number of carbonyl (C=O) groups is 1. The average molecular weight is 250 g/mol. The molecule has 0 bridgehead atoms. The van der Waals surface area contributed by atoms with Crippen molar-refractivity contribution in [3.05, 3.63) is 0 Å². The Morgan fingerprint density at radius 3 is 2.83 bits per heavy atom. The molecule has 0 radical (unpaired) electrons. The van der Waals surface area contributed by atoms with Gasteiger partial charge < -0.3 is 10.2 Å². The van der Waals surface area contributed by atoms with Crippen molar-refractivity contribution in [1.82, 2.24) is 10.2 Å². The monoisotopic (exact) mass is 250 g/mol. The number of nitrogens with one attached hydrogen (secondary N) is 1. The normalized spacial score (nSPS) is 43.4. The molecule has 102 valence electrons. The van der Waals surface area contributed by atoms with Crippen LogP contribution in [0.25, 0.3) is 0 Å². The lowest BCUT2D eigenvalue weighted by molar-refractivity contribution is -0.137. The van der Waals surface area contributed by atoms with Crippen LogP contribution in [-0.2, 0) is 4.79 Å². The summed E-state index contributed by atoms with van der Waals surface area (Å²) in [5, 5.41) is 3.49. The molecule has 0 aromatic carbocycles. The molecule has 2 saturated heterocycles. The van der Waals surface area contributed by atoms with Gasteiger partial charge >= 0.3 is 0 Å². The van der Waals surface area contributed by atoms with E-state index in [2.05, 4.69) is 24.1 Å². The fraction of sp³-hybridized carbons (Fsp3) is 0.933. The highest BCUT2D eigenvalue weighted by atomic mass is 16.2. The predicted octanol–water partition coefficient (Wildman–Crippen LogP) is 1.88. The van der Waals surface area contributed by atoms with Crippen LogP contribution in [0, 0.1) is 23.7 Å². The van der Waals surface area contributed by atoms with Crippen LogP contribution in [0.5, 0.6) is 0 Å². The number of rotatable bonds is 2. The molecule has 18 heavy (non-hydrogen) atoms. The van der Waals surface area contributed by atoms with Crippen molar-refractivity contribution in [2.45, 2.75) is 45.6 Å². The van der Waals surface area contributed by atoms with E-state index >= 15 is 0 Å². The lowest BCUT2D eigenvalue weighted by Crippen LogP contribution is -2.43. The van der Waals surface area contributed by atoms with E-state index in [4.69, 9.17) is 0 Å². The average Bonchev–Trinajstić information content (AvgIpc) is 3.01. The van der Waals surface area contributed by atoms with Crippen LogP contribution in [0.2, 0.25) is 0 Å². The van der Waals surface area contributed by atoms with E-state index in [0.717, 1.165) is 44.3 Å². The van der Waals surface area contributed by atoms with Gasteiger partial charge in [-0.1, -0.05) is 20.3 Å². The van der Waals surface area contributed by atoms with Crippen LogP contribution in [0.4, 0.5) is 0 Å². The van der Waals surface area contributed by atoms with Gasteiger partial charge in [0.15, 0.2) is 0 Å². The van der Waals surface area contributed by atoms with Crippen molar-refractivity contribution in [3.63, 3.8) is 0 Å². The summed E-state index contributed by atoms with van der Waals surface area (Å²) in [5.74, 6) is 2.84. The van der Waals surface area contributed by atoms with Gasteiger partial charge in [0.25, 0.3) is 0 Å². The molecule has 3 aliphatic rings. The number of nitrogens with zero attached hydrogens (tertiary/aromatic N) is 1. The van der Waals surface area contributed by atoms with Gasteiger partial charge in [-0.05, 0) is 37.0 Å². The van der Waals surface area contributed by atoms with E-state index in [9.17, 15) is 4.79 Å². The zero-order chi connectivity index (χ0) is 12.7. The Kier molecular flexibility index (Phi) is 3.35. The summed E-state index contributed by atoms with van der Waals surface area (Å²) in [4.78, 5) is 15.0. The molecule has 0 aromatic rings. The minimum Gasteiger partial charge on any atom is -0.339 e. The maximum atomic E-state index is 12.8. The molecular formula is C15H26N2O. The van der Waals surface area contributed by atoms with E-state index in [1.165, 1.54) is 12.8 Å². The first-order chi connectivity index (χ1) is 8.72.